The molecule has 0 aromatic carbocycles. The zero-order chi connectivity index (χ0) is 15.1. The Morgan fingerprint density at radius 2 is 2.29 bits per heavy atom. The second kappa shape index (κ2) is 7.41. The number of aryl methyl sites for hydroxylation is 1. The largest absolute Gasteiger partial charge is 0.334 e. The van der Waals surface area contributed by atoms with Crippen molar-refractivity contribution in [3.63, 3.8) is 0 Å². The van der Waals surface area contributed by atoms with Crippen molar-refractivity contribution >= 4 is 11.8 Å². The number of urea groups is 1. The first kappa shape index (κ1) is 15.0. The van der Waals surface area contributed by atoms with Gasteiger partial charge in [0.25, 0.3) is 0 Å². The summed E-state index contributed by atoms with van der Waals surface area (Å²) in [5.41, 5.74) is 0. The van der Waals surface area contributed by atoms with Gasteiger partial charge in [-0.25, -0.2) is 14.5 Å². The monoisotopic (exact) mass is 291 g/mol. The summed E-state index contributed by atoms with van der Waals surface area (Å²) in [4.78, 5) is 15.8. The average molecular weight is 291 g/mol. The van der Waals surface area contributed by atoms with Crippen LogP contribution in [0.2, 0.25) is 0 Å². The van der Waals surface area contributed by atoms with Gasteiger partial charge in [-0.05, 0) is 13.3 Å². The van der Waals surface area contributed by atoms with Crippen LogP contribution in [0.25, 0.3) is 0 Å². The molecule has 1 unspecified atom stereocenters. The van der Waals surface area contributed by atoms with Crippen molar-refractivity contribution in [2.75, 3.05) is 5.32 Å². The highest BCUT2D eigenvalue weighted by Gasteiger charge is 2.10. The molecule has 0 fully saturated rings. The highest BCUT2D eigenvalue weighted by molar-refractivity contribution is 5.88. The van der Waals surface area contributed by atoms with Gasteiger partial charge in [-0.1, -0.05) is 13.3 Å². The van der Waals surface area contributed by atoms with Crippen molar-refractivity contribution in [1.29, 1.82) is 0 Å². The van der Waals surface area contributed by atoms with E-state index in [1.165, 1.54) is 6.33 Å². The summed E-state index contributed by atoms with van der Waals surface area (Å²) in [5.74, 6) is 0.703. The Labute approximate surface area is 123 Å². The summed E-state index contributed by atoms with van der Waals surface area (Å²) in [6, 6.07) is 1.48. The summed E-state index contributed by atoms with van der Waals surface area (Å²) in [6.45, 7) is 5.40. The van der Waals surface area contributed by atoms with Crippen molar-refractivity contribution in [2.45, 2.75) is 45.8 Å². The maximum atomic E-state index is 12.0. The predicted molar refractivity (Wildman–Crippen MR) is 78.8 cm³/mol. The molecule has 0 spiro atoms. The number of rotatable bonds is 7. The van der Waals surface area contributed by atoms with Gasteiger partial charge in [0.1, 0.15) is 18.5 Å². The fraction of sp³-hybridized carbons (Fsp3) is 0.538. The Morgan fingerprint density at radius 3 is 3.00 bits per heavy atom. The van der Waals surface area contributed by atoms with E-state index in [1.54, 1.807) is 28.0 Å². The molecule has 21 heavy (non-hydrogen) atoms. The van der Waals surface area contributed by atoms with Crippen LogP contribution in [0.4, 0.5) is 10.6 Å². The van der Waals surface area contributed by atoms with Gasteiger partial charge in [-0.3, -0.25) is 10.00 Å². The molecule has 0 aliphatic rings. The van der Waals surface area contributed by atoms with Gasteiger partial charge in [0.15, 0.2) is 0 Å². The van der Waals surface area contributed by atoms with Gasteiger partial charge < -0.3 is 5.32 Å². The number of unbranched alkanes of at least 4 members (excludes halogenated alkanes) is 1. The average Bonchev–Trinajstić information content (AvgIpc) is 3.08. The first-order chi connectivity index (χ1) is 10.2. The SMILES string of the molecule is CCCCn1nccc1NC(=O)NC(C)Cn1cncn1. The highest BCUT2D eigenvalue weighted by atomic mass is 16.2. The zero-order valence-electron chi connectivity index (χ0n) is 12.4. The molecule has 2 aromatic rings. The van der Waals surface area contributed by atoms with Gasteiger partial charge in [-0.15, -0.1) is 0 Å². The molecule has 0 aliphatic carbocycles. The third kappa shape index (κ3) is 4.59. The molecule has 0 radical (unpaired) electrons. The maximum absolute atomic E-state index is 12.0. The van der Waals surface area contributed by atoms with E-state index in [1.807, 2.05) is 6.92 Å². The van der Waals surface area contributed by atoms with E-state index in [0.717, 1.165) is 19.4 Å². The summed E-state index contributed by atoms with van der Waals surface area (Å²) in [5, 5.41) is 13.9. The van der Waals surface area contributed by atoms with Crippen LogP contribution in [0.3, 0.4) is 0 Å². The predicted octanol–water partition coefficient (Wildman–Crippen LogP) is 1.48. The quantitative estimate of drug-likeness (QED) is 0.808. The van der Waals surface area contributed by atoms with Crippen LogP contribution in [0.15, 0.2) is 24.9 Å². The Balaban J connectivity index is 1.82. The van der Waals surface area contributed by atoms with Gasteiger partial charge >= 0.3 is 6.03 Å². The Bertz CT molecular complexity index is 549. The minimum Gasteiger partial charge on any atom is -0.334 e. The van der Waals surface area contributed by atoms with E-state index in [2.05, 4.69) is 32.7 Å². The zero-order valence-corrected chi connectivity index (χ0v) is 12.4. The van der Waals surface area contributed by atoms with Crippen molar-refractivity contribution in [1.82, 2.24) is 29.9 Å². The highest BCUT2D eigenvalue weighted by Crippen LogP contribution is 2.07. The molecule has 0 saturated heterocycles. The van der Waals surface area contributed by atoms with Crippen LogP contribution in [-0.4, -0.2) is 36.6 Å². The van der Waals surface area contributed by atoms with Crippen molar-refractivity contribution < 1.29 is 4.79 Å². The fourth-order valence-electron chi connectivity index (χ4n) is 1.95. The molecule has 1 atom stereocenters. The molecule has 0 aliphatic heterocycles. The maximum Gasteiger partial charge on any atom is 0.320 e. The molecular weight excluding hydrogens is 270 g/mol. The van der Waals surface area contributed by atoms with E-state index >= 15 is 0 Å². The molecule has 2 heterocycles. The second-order valence-electron chi connectivity index (χ2n) is 4.91. The number of nitrogens with zero attached hydrogens (tertiary/aromatic N) is 5. The third-order valence-corrected chi connectivity index (χ3v) is 2.99. The van der Waals surface area contributed by atoms with Crippen LogP contribution in [0.1, 0.15) is 26.7 Å². The van der Waals surface area contributed by atoms with Gasteiger partial charge in [0.05, 0.1) is 12.7 Å². The molecule has 8 heteroatoms. The number of nitrogens with one attached hydrogen (secondary N) is 2. The number of aromatic nitrogens is 5. The smallest absolute Gasteiger partial charge is 0.320 e. The lowest BCUT2D eigenvalue weighted by atomic mass is 10.3. The summed E-state index contributed by atoms with van der Waals surface area (Å²) < 4.78 is 3.47. The molecule has 2 amide bonds. The molecule has 2 N–H and O–H groups in total. The van der Waals surface area contributed by atoms with Gasteiger partial charge in [-0.2, -0.15) is 10.2 Å². The third-order valence-electron chi connectivity index (χ3n) is 2.99. The lowest BCUT2D eigenvalue weighted by Crippen LogP contribution is -2.39. The van der Waals surface area contributed by atoms with E-state index < -0.39 is 0 Å². The number of carbonyl (C=O) groups excluding carboxylic acids is 1. The Hall–Kier alpha value is -2.38. The van der Waals surface area contributed by atoms with Crippen molar-refractivity contribution in [2.24, 2.45) is 0 Å². The first-order valence-corrected chi connectivity index (χ1v) is 7.10. The molecule has 2 aromatic heterocycles. The Kier molecular flexibility index (Phi) is 5.30. The summed E-state index contributed by atoms with van der Waals surface area (Å²) in [7, 11) is 0. The molecular formula is C13H21N7O. The number of amides is 2. The van der Waals surface area contributed by atoms with E-state index in [4.69, 9.17) is 0 Å². The standard InChI is InChI=1S/C13H21N7O/c1-3-4-7-20-12(5-6-15-20)18-13(21)17-11(2)8-19-10-14-9-16-19/h5-6,9-11H,3-4,7-8H2,1-2H3,(H2,17,18,21). The molecule has 2 rings (SSSR count). The normalized spacial score (nSPS) is 12.1. The van der Waals surface area contributed by atoms with E-state index in [-0.39, 0.29) is 12.1 Å². The Morgan fingerprint density at radius 1 is 1.43 bits per heavy atom. The van der Waals surface area contributed by atoms with E-state index in [9.17, 15) is 4.79 Å². The first-order valence-electron chi connectivity index (χ1n) is 7.10. The molecule has 0 bridgehead atoms. The lowest BCUT2D eigenvalue weighted by molar-refractivity contribution is 0.247. The second-order valence-corrected chi connectivity index (χ2v) is 4.91. The van der Waals surface area contributed by atoms with Crippen LogP contribution in [0, 0.1) is 0 Å². The lowest BCUT2D eigenvalue weighted by Gasteiger charge is -2.15. The minimum atomic E-state index is -0.249. The van der Waals surface area contributed by atoms with Crippen LogP contribution in [0.5, 0.6) is 0 Å². The summed E-state index contributed by atoms with van der Waals surface area (Å²) in [6.07, 6.45) is 6.89. The number of hydrogen-bond acceptors (Lipinski definition) is 4. The van der Waals surface area contributed by atoms with Crippen LogP contribution < -0.4 is 10.6 Å². The van der Waals surface area contributed by atoms with Crippen molar-refractivity contribution in [3.8, 4) is 0 Å². The summed E-state index contributed by atoms with van der Waals surface area (Å²) >= 11 is 0. The minimum absolute atomic E-state index is 0.0567. The van der Waals surface area contributed by atoms with E-state index in [0.29, 0.717) is 12.4 Å². The van der Waals surface area contributed by atoms with Crippen molar-refractivity contribution in [3.05, 3.63) is 24.9 Å². The number of hydrogen-bond donors (Lipinski definition) is 2. The van der Waals surface area contributed by atoms with Crippen LogP contribution in [-0.2, 0) is 13.1 Å². The van der Waals surface area contributed by atoms with Gasteiger partial charge in [0, 0.05) is 18.7 Å². The topological polar surface area (TPSA) is 89.7 Å². The molecule has 114 valence electrons. The fourth-order valence-corrected chi connectivity index (χ4v) is 1.95. The molecule has 8 nitrogen and oxygen atoms in total. The van der Waals surface area contributed by atoms with Gasteiger partial charge in [0.2, 0.25) is 0 Å². The number of anilines is 1. The number of carbonyl (C=O) groups is 1. The van der Waals surface area contributed by atoms with Crippen LogP contribution >= 0.6 is 0 Å². The molecule has 0 saturated carbocycles.